The SMILES string of the molecule is NCc1cnc(C(F)F)c(OC(F)(F)F)c1C(F)(F)F. The third kappa shape index (κ3) is 3.68. The van der Waals surface area contributed by atoms with Crippen molar-refractivity contribution in [2.45, 2.75) is 25.5 Å². The highest BCUT2D eigenvalue weighted by Crippen LogP contribution is 2.44. The van der Waals surface area contributed by atoms with Crippen molar-refractivity contribution in [1.29, 1.82) is 0 Å². The zero-order valence-corrected chi connectivity index (χ0v) is 9.32. The Morgan fingerprint density at radius 2 is 1.70 bits per heavy atom. The predicted octanol–water partition coefficient (Wildman–Crippen LogP) is 3.40. The first kappa shape index (κ1) is 16.4. The molecule has 2 N–H and O–H groups in total. The first-order valence-electron chi connectivity index (χ1n) is 4.80. The lowest BCUT2D eigenvalue weighted by atomic mass is 10.1. The Morgan fingerprint density at radius 1 is 1.15 bits per heavy atom. The van der Waals surface area contributed by atoms with Crippen LogP contribution in [-0.2, 0) is 12.7 Å². The lowest BCUT2D eigenvalue weighted by Crippen LogP contribution is -2.24. The molecule has 1 heterocycles. The number of pyridine rings is 1. The van der Waals surface area contributed by atoms with E-state index in [0.29, 0.717) is 6.20 Å². The van der Waals surface area contributed by atoms with Gasteiger partial charge in [-0.05, 0) is 0 Å². The highest BCUT2D eigenvalue weighted by molar-refractivity contribution is 5.45. The second-order valence-electron chi connectivity index (χ2n) is 3.42. The van der Waals surface area contributed by atoms with Crippen molar-refractivity contribution in [3.63, 3.8) is 0 Å². The number of alkyl halides is 8. The van der Waals surface area contributed by atoms with E-state index in [0.717, 1.165) is 0 Å². The van der Waals surface area contributed by atoms with Crippen LogP contribution in [0.4, 0.5) is 35.1 Å². The molecule has 0 saturated carbocycles. The molecule has 114 valence electrons. The van der Waals surface area contributed by atoms with Gasteiger partial charge in [-0.15, -0.1) is 13.2 Å². The van der Waals surface area contributed by atoms with Gasteiger partial charge in [0.15, 0.2) is 5.75 Å². The van der Waals surface area contributed by atoms with Gasteiger partial charge in [-0.2, -0.15) is 13.2 Å². The summed E-state index contributed by atoms with van der Waals surface area (Å²) in [5.74, 6) is -2.08. The minimum absolute atomic E-state index is 0.341. The first-order valence-corrected chi connectivity index (χ1v) is 4.80. The van der Waals surface area contributed by atoms with Gasteiger partial charge >= 0.3 is 12.5 Å². The van der Waals surface area contributed by atoms with Crippen molar-refractivity contribution in [1.82, 2.24) is 4.98 Å². The van der Waals surface area contributed by atoms with Gasteiger partial charge in [0, 0.05) is 18.3 Å². The average molecular weight is 310 g/mol. The van der Waals surface area contributed by atoms with Crippen molar-refractivity contribution < 1.29 is 39.9 Å². The fraction of sp³-hybridized carbons (Fsp3) is 0.444. The number of ether oxygens (including phenoxy) is 1. The summed E-state index contributed by atoms with van der Waals surface area (Å²) in [5, 5.41) is 0. The molecule has 1 aromatic heterocycles. The van der Waals surface area contributed by atoms with Crippen molar-refractivity contribution in [2.24, 2.45) is 5.73 Å². The molecular formula is C9H6F8N2O. The normalized spacial score (nSPS) is 12.9. The number of nitrogens with two attached hydrogens (primary N) is 1. The van der Waals surface area contributed by atoms with Gasteiger partial charge in [0.25, 0.3) is 6.43 Å². The lowest BCUT2D eigenvalue weighted by Gasteiger charge is -2.20. The van der Waals surface area contributed by atoms with Crippen LogP contribution in [0, 0.1) is 0 Å². The van der Waals surface area contributed by atoms with E-state index in [2.05, 4.69) is 9.72 Å². The van der Waals surface area contributed by atoms with Gasteiger partial charge in [0.1, 0.15) is 11.3 Å². The predicted molar refractivity (Wildman–Crippen MR) is 48.8 cm³/mol. The summed E-state index contributed by atoms with van der Waals surface area (Å²) in [6, 6.07) is 0. The van der Waals surface area contributed by atoms with E-state index in [1.807, 2.05) is 0 Å². The Balaban J connectivity index is 3.61. The van der Waals surface area contributed by atoms with Gasteiger partial charge < -0.3 is 10.5 Å². The monoisotopic (exact) mass is 310 g/mol. The molecule has 1 aromatic rings. The van der Waals surface area contributed by atoms with Crippen LogP contribution >= 0.6 is 0 Å². The highest BCUT2D eigenvalue weighted by Gasteiger charge is 2.44. The molecule has 0 amide bonds. The fourth-order valence-electron chi connectivity index (χ4n) is 1.38. The topological polar surface area (TPSA) is 48.1 Å². The van der Waals surface area contributed by atoms with E-state index >= 15 is 0 Å². The van der Waals surface area contributed by atoms with Crippen LogP contribution in [0.5, 0.6) is 5.75 Å². The quantitative estimate of drug-likeness (QED) is 0.871. The van der Waals surface area contributed by atoms with Crippen LogP contribution in [0.15, 0.2) is 6.20 Å². The molecule has 0 unspecified atom stereocenters. The van der Waals surface area contributed by atoms with E-state index < -0.39 is 48.1 Å². The summed E-state index contributed by atoms with van der Waals surface area (Å²) in [5.41, 5.74) is 0.285. The molecule has 0 bridgehead atoms. The maximum atomic E-state index is 12.7. The summed E-state index contributed by atoms with van der Waals surface area (Å²) < 4.78 is 103. The first-order chi connectivity index (χ1) is 8.97. The van der Waals surface area contributed by atoms with Crippen LogP contribution in [0.1, 0.15) is 23.2 Å². The summed E-state index contributed by atoms with van der Waals surface area (Å²) in [4.78, 5) is 2.85. The summed E-state index contributed by atoms with van der Waals surface area (Å²) >= 11 is 0. The molecule has 3 nitrogen and oxygen atoms in total. The zero-order valence-electron chi connectivity index (χ0n) is 9.32. The van der Waals surface area contributed by atoms with E-state index in [1.54, 1.807) is 0 Å². The highest BCUT2D eigenvalue weighted by atomic mass is 19.4. The molecule has 0 aromatic carbocycles. The molecule has 20 heavy (non-hydrogen) atoms. The smallest absolute Gasteiger partial charge is 0.403 e. The van der Waals surface area contributed by atoms with E-state index in [-0.39, 0.29) is 0 Å². The Hall–Kier alpha value is -1.65. The third-order valence-corrected chi connectivity index (χ3v) is 2.07. The molecule has 0 aliphatic rings. The lowest BCUT2D eigenvalue weighted by molar-refractivity contribution is -0.277. The number of hydrogen-bond acceptors (Lipinski definition) is 3. The molecular weight excluding hydrogens is 304 g/mol. The average Bonchev–Trinajstić information content (AvgIpc) is 2.23. The van der Waals surface area contributed by atoms with Crippen molar-refractivity contribution in [3.05, 3.63) is 23.0 Å². The van der Waals surface area contributed by atoms with Crippen molar-refractivity contribution >= 4 is 0 Å². The van der Waals surface area contributed by atoms with Crippen LogP contribution < -0.4 is 10.5 Å². The largest absolute Gasteiger partial charge is 0.573 e. The molecule has 11 heteroatoms. The van der Waals surface area contributed by atoms with Gasteiger partial charge in [-0.1, -0.05) is 0 Å². The van der Waals surface area contributed by atoms with Gasteiger partial charge in [0.2, 0.25) is 0 Å². The van der Waals surface area contributed by atoms with Gasteiger partial charge in [-0.25, -0.2) is 8.78 Å². The maximum Gasteiger partial charge on any atom is 0.573 e. The van der Waals surface area contributed by atoms with Crippen molar-refractivity contribution in [3.8, 4) is 5.75 Å². The summed E-state index contributed by atoms with van der Waals surface area (Å²) in [7, 11) is 0. The van der Waals surface area contributed by atoms with Crippen molar-refractivity contribution in [2.75, 3.05) is 0 Å². The Kier molecular flexibility index (Phi) is 4.42. The van der Waals surface area contributed by atoms with Gasteiger partial charge in [0.05, 0.1) is 0 Å². The zero-order chi connectivity index (χ0) is 15.7. The molecule has 1 rings (SSSR count). The van der Waals surface area contributed by atoms with E-state index in [9.17, 15) is 35.1 Å². The Bertz CT molecular complexity index is 482. The third-order valence-electron chi connectivity index (χ3n) is 2.07. The molecule has 0 aliphatic heterocycles. The minimum Gasteiger partial charge on any atom is -0.403 e. The number of rotatable bonds is 3. The Morgan fingerprint density at radius 3 is 2.05 bits per heavy atom. The Labute approximate surface area is 106 Å². The standard InChI is InChI=1S/C9H6F8N2O/c10-7(11)5-6(20-9(15,16)17)4(8(12,13)14)3(1-18)2-19-5/h2,7H,1,18H2. The molecule has 0 spiro atoms. The molecule has 0 atom stereocenters. The molecule has 0 radical (unpaired) electrons. The number of halogens is 8. The number of nitrogens with zero attached hydrogens (tertiary/aromatic N) is 1. The molecule has 0 aliphatic carbocycles. The second kappa shape index (κ2) is 5.38. The number of aromatic nitrogens is 1. The van der Waals surface area contributed by atoms with Crippen LogP contribution in [0.2, 0.25) is 0 Å². The minimum atomic E-state index is -5.58. The van der Waals surface area contributed by atoms with Crippen LogP contribution in [0.25, 0.3) is 0 Å². The van der Waals surface area contributed by atoms with E-state index in [1.165, 1.54) is 0 Å². The van der Waals surface area contributed by atoms with E-state index in [4.69, 9.17) is 5.73 Å². The van der Waals surface area contributed by atoms with Gasteiger partial charge in [-0.3, -0.25) is 4.98 Å². The number of hydrogen-bond donors (Lipinski definition) is 1. The molecule has 0 fully saturated rings. The summed E-state index contributed by atoms with van der Waals surface area (Å²) in [6.07, 6.45) is -14.3. The van der Waals surface area contributed by atoms with Crippen LogP contribution in [0.3, 0.4) is 0 Å². The van der Waals surface area contributed by atoms with Crippen LogP contribution in [-0.4, -0.2) is 11.3 Å². The second-order valence-corrected chi connectivity index (χ2v) is 3.42. The summed E-state index contributed by atoms with van der Waals surface area (Å²) in [6.45, 7) is -0.848. The molecule has 0 saturated heterocycles. The fourth-order valence-corrected chi connectivity index (χ4v) is 1.38. The maximum absolute atomic E-state index is 12.7.